The lowest BCUT2D eigenvalue weighted by atomic mass is 9.94. The number of aromatic nitrogens is 1. The Morgan fingerprint density at radius 2 is 1.81 bits per heavy atom. The van der Waals surface area contributed by atoms with Crippen LogP contribution in [0, 0.1) is 0 Å². The van der Waals surface area contributed by atoms with E-state index in [1.54, 1.807) is 62.1 Å². The summed E-state index contributed by atoms with van der Waals surface area (Å²) >= 11 is 8.37. The fourth-order valence-electron chi connectivity index (χ4n) is 4.76. The Bertz CT molecular complexity index is 1910. The molecule has 8 nitrogen and oxygen atoms in total. The van der Waals surface area contributed by atoms with Gasteiger partial charge in [0.1, 0.15) is 29.9 Å². The normalized spacial score (nSPS) is 14.5. The Labute approximate surface area is 268 Å². The number of methoxy groups -OCH3 is 2. The van der Waals surface area contributed by atoms with Crippen LogP contribution in [0.5, 0.6) is 17.2 Å². The molecule has 1 amide bonds. The third kappa shape index (κ3) is 6.24. The number of ether oxygens (including phenoxy) is 3. The molecule has 0 aliphatic carbocycles. The maximum absolute atomic E-state index is 14.1. The van der Waals surface area contributed by atoms with Crippen molar-refractivity contribution < 1.29 is 19.0 Å². The molecule has 220 valence electrons. The highest BCUT2D eigenvalue weighted by atomic mass is 79.9. The third-order valence-corrected chi connectivity index (χ3v) is 8.86. The minimum atomic E-state index is -0.809. The van der Waals surface area contributed by atoms with Gasteiger partial charge in [-0.05, 0) is 86.8 Å². The molecule has 2 heterocycles. The van der Waals surface area contributed by atoms with Crippen LogP contribution >= 0.6 is 43.2 Å². The van der Waals surface area contributed by atoms with Gasteiger partial charge in [-0.25, -0.2) is 4.99 Å². The highest BCUT2D eigenvalue weighted by Crippen LogP contribution is 2.38. The van der Waals surface area contributed by atoms with Crippen LogP contribution in [0.4, 0.5) is 5.69 Å². The van der Waals surface area contributed by atoms with Gasteiger partial charge in [0, 0.05) is 17.3 Å². The van der Waals surface area contributed by atoms with E-state index >= 15 is 0 Å². The van der Waals surface area contributed by atoms with Gasteiger partial charge in [0.15, 0.2) is 4.80 Å². The summed E-state index contributed by atoms with van der Waals surface area (Å²) in [5.41, 5.74) is 2.56. The van der Waals surface area contributed by atoms with Crippen molar-refractivity contribution in [3.8, 4) is 17.2 Å². The molecular formula is C32H27Br2N3O5S. The number of benzene rings is 3. The number of rotatable bonds is 9. The predicted octanol–water partition coefficient (Wildman–Crippen LogP) is 5.98. The average Bonchev–Trinajstić information content (AvgIpc) is 3.29. The van der Waals surface area contributed by atoms with Gasteiger partial charge in [-0.15, -0.1) is 0 Å². The Morgan fingerprint density at radius 3 is 2.47 bits per heavy atom. The van der Waals surface area contributed by atoms with Crippen LogP contribution in [-0.4, -0.2) is 31.3 Å². The zero-order valence-electron chi connectivity index (χ0n) is 23.5. The van der Waals surface area contributed by atoms with Crippen LogP contribution in [0.3, 0.4) is 0 Å². The number of nitrogens with one attached hydrogen (secondary N) is 1. The molecule has 1 N–H and O–H groups in total. The van der Waals surface area contributed by atoms with E-state index in [0.717, 1.165) is 14.5 Å². The van der Waals surface area contributed by atoms with E-state index in [4.69, 9.17) is 19.2 Å². The lowest BCUT2D eigenvalue weighted by Gasteiger charge is -2.26. The number of hydrogen-bond donors (Lipinski definition) is 1. The molecule has 1 aliphatic rings. The quantitative estimate of drug-likeness (QED) is 0.215. The molecule has 3 aromatic carbocycles. The molecule has 1 aromatic heterocycles. The fourth-order valence-corrected chi connectivity index (χ4v) is 7.26. The average molecular weight is 725 g/mol. The van der Waals surface area contributed by atoms with Crippen LogP contribution in [0.1, 0.15) is 24.1 Å². The van der Waals surface area contributed by atoms with Crippen molar-refractivity contribution in [3.63, 3.8) is 0 Å². The molecule has 1 atom stereocenters. The summed E-state index contributed by atoms with van der Waals surface area (Å²) in [4.78, 5) is 33.2. The monoisotopic (exact) mass is 723 g/mol. The van der Waals surface area contributed by atoms with Crippen LogP contribution in [0.25, 0.3) is 6.08 Å². The van der Waals surface area contributed by atoms with Gasteiger partial charge in [-0.2, -0.15) is 0 Å². The summed E-state index contributed by atoms with van der Waals surface area (Å²) in [6.45, 7) is 5.82. The summed E-state index contributed by atoms with van der Waals surface area (Å²) < 4.78 is 20.3. The Balaban J connectivity index is 1.68. The SMILES string of the molecule is C=CCOc1c(Br)cc(/C=c2\sc3n(c2=O)[C@@H](c2ccc(OC)cc2OC)C(C(=O)Nc2ccccc2)=C(C)N=3)cc1Br. The number of fused-ring (bicyclic) bond motifs is 1. The maximum Gasteiger partial charge on any atom is 0.271 e. The molecule has 0 fully saturated rings. The number of amides is 1. The minimum Gasteiger partial charge on any atom is -0.497 e. The van der Waals surface area contributed by atoms with Gasteiger partial charge in [0.05, 0.1) is 39.0 Å². The molecule has 0 spiro atoms. The van der Waals surface area contributed by atoms with Gasteiger partial charge in [-0.1, -0.05) is 42.2 Å². The summed E-state index contributed by atoms with van der Waals surface area (Å²) in [5.74, 6) is 1.32. The topological polar surface area (TPSA) is 91.1 Å². The number of nitrogens with zero attached hydrogens (tertiary/aromatic N) is 2. The number of hydrogen-bond acceptors (Lipinski definition) is 7. The van der Waals surface area contributed by atoms with Crippen LogP contribution in [-0.2, 0) is 4.79 Å². The van der Waals surface area contributed by atoms with Crippen molar-refractivity contribution in [2.75, 3.05) is 26.1 Å². The highest BCUT2D eigenvalue weighted by molar-refractivity contribution is 9.11. The van der Waals surface area contributed by atoms with Crippen molar-refractivity contribution in [1.82, 2.24) is 4.57 Å². The molecular weight excluding hydrogens is 698 g/mol. The maximum atomic E-state index is 14.1. The van der Waals surface area contributed by atoms with E-state index in [1.165, 1.54) is 11.3 Å². The summed E-state index contributed by atoms with van der Waals surface area (Å²) in [7, 11) is 3.11. The summed E-state index contributed by atoms with van der Waals surface area (Å²) in [6, 6.07) is 17.4. The number of thiazole rings is 1. The van der Waals surface area contributed by atoms with Crippen molar-refractivity contribution in [2.45, 2.75) is 13.0 Å². The largest absolute Gasteiger partial charge is 0.497 e. The standard InChI is InChI=1S/C32H27Br2N3O5S/c1-5-13-42-29-23(33)14-19(15-24(29)34)16-26-31(39)37-28(22-12-11-21(40-3)17-25(22)41-4)27(18(2)35-32(37)43-26)30(38)36-20-9-7-6-8-10-20/h5-12,14-17,28H,1,13H2,2-4H3,(H,36,38)/b26-16-/t28-/m0/s1. The Hall–Kier alpha value is -3.93. The lowest BCUT2D eigenvalue weighted by Crippen LogP contribution is -2.40. The minimum absolute atomic E-state index is 0.289. The Kier molecular flexibility index (Phi) is 9.34. The number of para-hydroxylation sites is 1. The van der Waals surface area contributed by atoms with Crippen molar-refractivity contribution in [1.29, 1.82) is 0 Å². The molecule has 5 rings (SSSR count). The molecule has 0 unspecified atom stereocenters. The first-order valence-corrected chi connectivity index (χ1v) is 15.5. The molecule has 43 heavy (non-hydrogen) atoms. The van der Waals surface area contributed by atoms with E-state index in [-0.39, 0.29) is 11.5 Å². The zero-order chi connectivity index (χ0) is 30.7. The predicted molar refractivity (Wildman–Crippen MR) is 176 cm³/mol. The van der Waals surface area contributed by atoms with Crippen LogP contribution in [0.2, 0.25) is 0 Å². The van der Waals surface area contributed by atoms with E-state index in [2.05, 4.69) is 43.8 Å². The first-order valence-electron chi connectivity index (χ1n) is 13.1. The van der Waals surface area contributed by atoms with Crippen LogP contribution < -0.4 is 34.4 Å². The highest BCUT2D eigenvalue weighted by Gasteiger charge is 2.34. The second-order valence-electron chi connectivity index (χ2n) is 9.42. The summed E-state index contributed by atoms with van der Waals surface area (Å²) in [5, 5.41) is 2.96. The Morgan fingerprint density at radius 1 is 1.09 bits per heavy atom. The van der Waals surface area contributed by atoms with Crippen molar-refractivity contribution in [3.05, 3.63) is 124 Å². The molecule has 0 saturated heterocycles. The zero-order valence-corrected chi connectivity index (χ0v) is 27.5. The smallest absolute Gasteiger partial charge is 0.271 e. The molecule has 1 aliphatic heterocycles. The van der Waals surface area contributed by atoms with E-state index < -0.39 is 6.04 Å². The van der Waals surface area contributed by atoms with Gasteiger partial charge < -0.3 is 19.5 Å². The lowest BCUT2D eigenvalue weighted by molar-refractivity contribution is -0.113. The van der Waals surface area contributed by atoms with Gasteiger partial charge in [0.25, 0.3) is 11.5 Å². The number of carbonyl (C=O) groups excluding carboxylic acids is 1. The molecule has 0 saturated carbocycles. The van der Waals surface area contributed by atoms with E-state index in [1.807, 2.05) is 36.4 Å². The number of anilines is 1. The van der Waals surface area contributed by atoms with Crippen molar-refractivity contribution >= 4 is 60.9 Å². The molecule has 0 bridgehead atoms. The first kappa shape index (κ1) is 30.5. The molecule has 11 heteroatoms. The second-order valence-corrected chi connectivity index (χ2v) is 12.1. The number of halogens is 2. The molecule has 4 aromatic rings. The number of allylic oxidation sites excluding steroid dienone is 1. The van der Waals surface area contributed by atoms with Gasteiger partial charge in [-0.3, -0.25) is 14.2 Å². The first-order chi connectivity index (χ1) is 20.7. The fraction of sp³-hybridized carbons (Fsp3) is 0.156. The van der Waals surface area contributed by atoms with Gasteiger partial charge >= 0.3 is 0 Å². The van der Waals surface area contributed by atoms with Crippen LogP contribution in [0.15, 0.2) is 103 Å². The number of carbonyl (C=O) groups is 1. The second kappa shape index (κ2) is 13.2. The third-order valence-electron chi connectivity index (χ3n) is 6.70. The van der Waals surface area contributed by atoms with E-state index in [0.29, 0.717) is 55.7 Å². The van der Waals surface area contributed by atoms with E-state index in [9.17, 15) is 9.59 Å². The molecule has 0 radical (unpaired) electrons. The summed E-state index contributed by atoms with van der Waals surface area (Å²) in [6.07, 6.45) is 3.46. The van der Waals surface area contributed by atoms with Gasteiger partial charge in [0.2, 0.25) is 0 Å². The van der Waals surface area contributed by atoms with Crippen molar-refractivity contribution in [2.24, 2.45) is 4.99 Å².